The van der Waals surface area contributed by atoms with Gasteiger partial charge < -0.3 is 19.6 Å². The van der Waals surface area contributed by atoms with Gasteiger partial charge in [-0.1, -0.05) is 122 Å². The van der Waals surface area contributed by atoms with Crippen LogP contribution in [0.2, 0.25) is 0 Å². The molecule has 0 spiro atoms. The third kappa shape index (κ3) is 5.12. The van der Waals surface area contributed by atoms with E-state index in [0.29, 0.717) is 0 Å². The van der Waals surface area contributed by atoms with E-state index < -0.39 is 0 Å². The van der Waals surface area contributed by atoms with Gasteiger partial charge in [0.1, 0.15) is 0 Å². The summed E-state index contributed by atoms with van der Waals surface area (Å²) in [6.07, 6.45) is 4.94. The number of aryl methyl sites for hydroxylation is 2. The normalized spacial score (nSPS) is 20.3. The lowest BCUT2D eigenvalue weighted by atomic mass is 9.61. The van der Waals surface area contributed by atoms with Gasteiger partial charge in [0.05, 0.1) is 51.0 Å². The molecule has 3 heterocycles. The van der Waals surface area contributed by atoms with Gasteiger partial charge in [-0.2, -0.15) is 0 Å². The maximum Gasteiger partial charge on any atom is 0.0944 e. The Kier molecular flexibility index (Phi) is 7.95. The van der Waals surface area contributed by atoms with Gasteiger partial charge in [0.2, 0.25) is 0 Å². The number of benzene rings is 6. The van der Waals surface area contributed by atoms with Crippen LogP contribution in [0.15, 0.2) is 121 Å². The minimum absolute atomic E-state index is 0.00604. The molecule has 6 aromatic carbocycles. The summed E-state index contributed by atoms with van der Waals surface area (Å²) >= 11 is 0. The van der Waals surface area contributed by atoms with E-state index in [2.05, 4.69) is 210 Å². The molecule has 4 nitrogen and oxygen atoms in total. The Hall–Kier alpha value is -5.48. The third-order valence-electron chi connectivity index (χ3n) is 14.3. The molecule has 58 heavy (non-hydrogen) atoms. The molecule has 1 aliphatic carbocycles. The quantitative estimate of drug-likeness (QED) is 0.177. The molecule has 6 aromatic rings. The Morgan fingerprint density at radius 3 is 1.79 bits per heavy atom. The van der Waals surface area contributed by atoms with Crippen LogP contribution in [0, 0.1) is 13.8 Å². The van der Waals surface area contributed by atoms with Crippen LogP contribution in [-0.2, 0) is 16.2 Å². The summed E-state index contributed by atoms with van der Waals surface area (Å²) in [5.41, 5.74) is 20.5. The van der Waals surface area contributed by atoms with E-state index in [-0.39, 0.29) is 21.8 Å². The molecule has 4 aliphatic rings. The first-order chi connectivity index (χ1) is 27.6. The van der Waals surface area contributed by atoms with Gasteiger partial charge in [0.25, 0.3) is 0 Å². The van der Waals surface area contributed by atoms with Crippen LogP contribution in [0.1, 0.15) is 109 Å². The molecular formula is C54H58N4. The van der Waals surface area contributed by atoms with Gasteiger partial charge >= 0.3 is 0 Å². The van der Waals surface area contributed by atoms with Crippen LogP contribution in [0.4, 0.5) is 62.6 Å². The molecule has 1 saturated carbocycles. The monoisotopic (exact) mass is 762 g/mol. The lowest BCUT2D eigenvalue weighted by Crippen LogP contribution is -2.55. The van der Waals surface area contributed by atoms with Crippen molar-refractivity contribution in [2.24, 2.45) is 0 Å². The highest BCUT2D eigenvalue weighted by molar-refractivity contribution is 6.13. The average Bonchev–Trinajstić information content (AvgIpc) is 3.41. The minimum Gasteiger partial charge on any atom is -0.331 e. The van der Waals surface area contributed by atoms with Crippen LogP contribution in [0.3, 0.4) is 0 Å². The largest absolute Gasteiger partial charge is 0.331 e. The number of anilines is 11. The second-order valence-corrected chi connectivity index (χ2v) is 20.0. The van der Waals surface area contributed by atoms with Crippen molar-refractivity contribution in [2.75, 3.05) is 19.6 Å². The molecule has 0 aromatic heterocycles. The van der Waals surface area contributed by atoms with Crippen molar-refractivity contribution in [3.8, 4) is 0 Å². The first-order valence-electron chi connectivity index (χ1n) is 21.5. The lowest BCUT2D eigenvalue weighted by molar-refractivity contribution is 0.195. The van der Waals surface area contributed by atoms with Gasteiger partial charge in [-0.05, 0) is 133 Å². The number of nitrogens with zero attached hydrogens (tertiary/aromatic N) is 4. The summed E-state index contributed by atoms with van der Waals surface area (Å²) < 4.78 is 0. The van der Waals surface area contributed by atoms with Crippen molar-refractivity contribution < 1.29 is 0 Å². The molecule has 4 heteroatoms. The van der Waals surface area contributed by atoms with Gasteiger partial charge in [0, 0.05) is 22.5 Å². The van der Waals surface area contributed by atoms with Crippen molar-refractivity contribution in [1.82, 2.24) is 0 Å². The van der Waals surface area contributed by atoms with Crippen molar-refractivity contribution >= 4 is 62.6 Å². The average molecular weight is 763 g/mol. The summed E-state index contributed by atoms with van der Waals surface area (Å²) in [5.74, 6) is 0. The molecule has 10 rings (SSSR count). The Labute approximate surface area is 346 Å². The predicted octanol–water partition coefficient (Wildman–Crippen LogP) is 15.7. The third-order valence-corrected chi connectivity index (χ3v) is 14.3. The van der Waals surface area contributed by atoms with E-state index in [1.165, 1.54) is 99.0 Å². The van der Waals surface area contributed by atoms with Crippen LogP contribution < -0.4 is 19.6 Å². The molecule has 2 atom stereocenters. The molecule has 0 amide bonds. The molecular weight excluding hydrogens is 705 g/mol. The number of hydrogen-bond acceptors (Lipinski definition) is 4. The molecule has 0 bridgehead atoms. The molecule has 294 valence electrons. The van der Waals surface area contributed by atoms with Crippen LogP contribution >= 0.6 is 0 Å². The van der Waals surface area contributed by atoms with E-state index in [1.807, 2.05) is 0 Å². The molecule has 0 saturated heterocycles. The van der Waals surface area contributed by atoms with Gasteiger partial charge in [-0.25, -0.2) is 0 Å². The fourth-order valence-corrected chi connectivity index (χ4v) is 11.0. The molecule has 0 N–H and O–H groups in total. The summed E-state index contributed by atoms with van der Waals surface area (Å²) in [6.45, 7) is 23.5. The summed E-state index contributed by atoms with van der Waals surface area (Å²) in [6, 6.07) is 46.4. The van der Waals surface area contributed by atoms with E-state index in [1.54, 1.807) is 0 Å². The van der Waals surface area contributed by atoms with Crippen molar-refractivity contribution in [1.29, 1.82) is 0 Å². The van der Waals surface area contributed by atoms with Crippen LogP contribution in [-0.4, -0.2) is 5.54 Å². The summed E-state index contributed by atoms with van der Waals surface area (Å²) in [5, 5.41) is 0. The Balaban J connectivity index is 1.23. The first-order valence-corrected chi connectivity index (χ1v) is 21.5. The zero-order chi connectivity index (χ0) is 40.5. The smallest absolute Gasteiger partial charge is 0.0944 e. The number of hydrogen-bond donors (Lipinski definition) is 0. The van der Waals surface area contributed by atoms with Gasteiger partial charge in [-0.3, -0.25) is 0 Å². The number of para-hydroxylation sites is 3. The highest BCUT2D eigenvalue weighted by Crippen LogP contribution is 2.70. The highest BCUT2D eigenvalue weighted by atomic mass is 15.4. The Morgan fingerprint density at radius 1 is 0.517 bits per heavy atom. The van der Waals surface area contributed by atoms with Crippen molar-refractivity contribution in [2.45, 2.75) is 117 Å². The second-order valence-electron chi connectivity index (χ2n) is 20.0. The predicted molar refractivity (Wildman–Crippen MR) is 247 cm³/mol. The van der Waals surface area contributed by atoms with Gasteiger partial charge in [0.15, 0.2) is 0 Å². The lowest BCUT2D eigenvalue weighted by Gasteiger charge is -2.53. The van der Waals surface area contributed by atoms with Crippen molar-refractivity contribution in [3.63, 3.8) is 0 Å². The summed E-state index contributed by atoms with van der Waals surface area (Å²) in [4.78, 5) is 10.4. The maximum atomic E-state index is 2.77. The van der Waals surface area contributed by atoms with Gasteiger partial charge in [-0.15, -0.1) is 0 Å². The van der Waals surface area contributed by atoms with Crippen LogP contribution in [0.25, 0.3) is 0 Å². The topological polar surface area (TPSA) is 13.0 Å². The van der Waals surface area contributed by atoms with E-state index in [9.17, 15) is 0 Å². The molecule has 1 fully saturated rings. The SMILES string of the molecule is Cc1cc(C(C)(C)C)cc(C)c1N(c1ccc(C(C)(C)C)cc1)c1ccc2c(c1)N(c1ccccc1)c1cccc3c1N2c1cccc2c1N3C1(C)CCCCC21C. The number of fused-ring (bicyclic) bond motifs is 7. The Morgan fingerprint density at radius 2 is 1.12 bits per heavy atom. The standard InChI is InChI=1S/C54H58N4/c1-35-32-38(52(6,7)8)33-36(2)48(35)55(40-26-24-37(25-27-40)51(3,4)5)41-28-29-43-47(34-41)56(39-18-12-11-13-19-39)45-22-17-23-46-50(45)57(43)44-21-16-20-42-49(44)58(46)54(10)31-15-14-30-53(42,54)9/h11-13,16-29,32-34H,14-15,30-31H2,1-10H3. The van der Waals surface area contributed by atoms with E-state index >= 15 is 0 Å². The first kappa shape index (κ1) is 36.8. The van der Waals surface area contributed by atoms with Crippen LogP contribution in [0.5, 0.6) is 0 Å². The molecule has 0 radical (unpaired) electrons. The summed E-state index contributed by atoms with van der Waals surface area (Å²) in [7, 11) is 0. The zero-order valence-corrected chi connectivity index (χ0v) is 36.2. The Bertz CT molecular complexity index is 2590. The molecule has 2 unspecified atom stereocenters. The minimum atomic E-state index is -0.00604. The second kappa shape index (κ2) is 12.5. The fourth-order valence-electron chi connectivity index (χ4n) is 11.0. The molecule has 3 aliphatic heterocycles. The van der Waals surface area contributed by atoms with E-state index in [4.69, 9.17) is 0 Å². The van der Waals surface area contributed by atoms with Crippen molar-refractivity contribution in [3.05, 3.63) is 149 Å². The highest BCUT2D eigenvalue weighted by Gasteiger charge is 2.60. The fraction of sp³-hybridized carbons (Fsp3) is 0.333. The maximum absolute atomic E-state index is 2.77. The zero-order valence-electron chi connectivity index (χ0n) is 36.2. The number of rotatable bonds is 4. The van der Waals surface area contributed by atoms with E-state index in [0.717, 1.165) is 17.1 Å².